The largest absolute Gasteiger partial charge is 0.544 e. The highest BCUT2D eigenvalue weighted by molar-refractivity contribution is 5.70. The van der Waals surface area contributed by atoms with Crippen LogP contribution in [0.5, 0.6) is 0 Å². The van der Waals surface area contributed by atoms with Gasteiger partial charge in [0.25, 0.3) is 0 Å². The fourth-order valence-electron chi connectivity index (χ4n) is 6.73. The molecule has 8 nitrogen and oxygen atoms in total. The number of carboxylic acid groups (broad SMARTS) is 1. The van der Waals surface area contributed by atoms with Crippen LogP contribution in [0.4, 0.5) is 0 Å². The van der Waals surface area contributed by atoms with Crippen LogP contribution >= 0.6 is 0 Å². The lowest BCUT2D eigenvalue weighted by atomic mass is 10.0. The Morgan fingerprint density at radius 1 is 0.517 bits per heavy atom. The van der Waals surface area contributed by atoms with E-state index < -0.39 is 18.1 Å². The number of ether oxygens (including phenoxy) is 3. The molecule has 0 aromatic carbocycles. The minimum atomic E-state index is -1.13. The molecule has 0 fully saturated rings. The third-order valence-corrected chi connectivity index (χ3v) is 10.4. The summed E-state index contributed by atoms with van der Waals surface area (Å²) in [5, 5.41) is 11.6. The van der Waals surface area contributed by atoms with E-state index in [2.05, 4.69) is 80.7 Å². The highest BCUT2D eigenvalue weighted by Crippen LogP contribution is 2.15. The Kier molecular flexibility index (Phi) is 40.2. The van der Waals surface area contributed by atoms with E-state index in [-0.39, 0.29) is 42.7 Å². The fourth-order valence-corrected chi connectivity index (χ4v) is 6.73. The molecular weight excluding hydrogens is 751 g/mol. The number of unbranched alkanes of at least 4 members (excludes halogenated alkanes) is 18. The van der Waals surface area contributed by atoms with Gasteiger partial charge in [0.2, 0.25) is 0 Å². The number of rotatable bonds is 42. The number of carbonyl (C=O) groups excluding carboxylic acids is 3. The molecule has 0 saturated carbocycles. The molecule has 0 radical (unpaired) electrons. The summed E-state index contributed by atoms with van der Waals surface area (Å²) in [6, 6.07) is -0.732. The molecule has 0 bridgehead atoms. The van der Waals surface area contributed by atoms with Crippen LogP contribution < -0.4 is 5.11 Å². The monoisotopic (exact) mass is 840 g/mol. The van der Waals surface area contributed by atoms with Crippen molar-refractivity contribution in [2.75, 3.05) is 41.0 Å². The maximum absolute atomic E-state index is 12.7. The van der Waals surface area contributed by atoms with Crippen molar-refractivity contribution < 1.29 is 38.2 Å². The number of likely N-dealkylation sites (N-methyl/N-ethyl adjacent to an activating group) is 1. The van der Waals surface area contributed by atoms with Crippen molar-refractivity contribution in [3.8, 4) is 0 Å². The lowest BCUT2D eigenvalue weighted by Gasteiger charge is -2.34. The number of aliphatic carboxylic acids is 1. The van der Waals surface area contributed by atoms with Gasteiger partial charge in [0, 0.05) is 19.3 Å². The van der Waals surface area contributed by atoms with Crippen molar-refractivity contribution >= 4 is 17.9 Å². The molecule has 0 aromatic rings. The number of hydrogen-bond acceptors (Lipinski definition) is 7. The van der Waals surface area contributed by atoms with Gasteiger partial charge in [-0.2, -0.15) is 0 Å². The Morgan fingerprint density at radius 3 is 1.48 bits per heavy atom. The molecule has 0 N–H and O–H groups in total. The Labute approximate surface area is 368 Å². The maximum Gasteiger partial charge on any atom is 0.306 e. The number of quaternary nitrogens is 1. The first kappa shape index (κ1) is 56.8. The Morgan fingerprint density at radius 2 is 0.967 bits per heavy atom. The summed E-state index contributed by atoms with van der Waals surface area (Å²) in [5.41, 5.74) is 0. The molecule has 0 saturated heterocycles. The normalized spacial score (nSPS) is 13.6. The van der Waals surface area contributed by atoms with E-state index in [0.717, 1.165) is 83.5 Å². The van der Waals surface area contributed by atoms with Gasteiger partial charge < -0.3 is 28.6 Å². The van der Waals surface area contributed by atoms with Crippen LogP contribution in [0.1, 0.15) is 187 Å². The van der Waals surface area contributed by atoms with Crippen LogP contribution in [0.2, 0.25) is 0 Å². The number of carbonyl (C=O) groups is 3. The number of hydrogen-bond donors (Lipinski definition) is 0. The number of allylic oxidation sites excluding steroid dienone is 12. The summed E-state index contributed by atoms with van der Waals surface area (Å²) in [7, 11) is 5.40. The van der Waals surface area contributed by atoms with Crippen molar-refractivity contribution in [1.82, 2.24) is 0 Å². The van der Waals surface area contributed by atoms with Crippen LogP contribution in [-0.2, 0) is 28.6 Å². The Balaban J connectivity index is 4.22. The fraction of sp³-hybridized carbons (Fsp3) is 0.712. The summed E-state index contributed by atoms with van der Waals surface area (Å²) in [5.74, 6) is -1.77. The van der Waals surface area contributed by atoms with Gasteiger partial charge in [-0.1, -0.05) is 177 Å². The van der Waals surface area contributed by atoms with Crippen LogP contribution in [0.25, 0.3) is 0 Å². The average Bonchev–Trinajstić information content (AvgIpc) is 3.21. The van der Waals surface area contributed by atoms with Gasteiger partial charge in [0.1, 0.15) is 12.6 Å². The molecular formula is C52H89NO7. The molecule has 60 heavy (non-hydrogen) atoms. The zero-order valence-corrected chi connectivity index (χ0v) is 39.1. The zero-order valence-electron chi connectivity index (χ0n) is 39.1. The molecule has 2 unspecified atom stereocenters. The van der Waals surface area contributed by atoms with Crippen LogP contribution in [0.15, 0.2) is 72.9 Å². The van der Waals surface area contributed by atoms with E-state index in [9.17, 15) is 19.5 Å². The first-order valence-electron chi connectivity index (χ1n) is 24.0. The van der Waals surface area contributed by atoms with Gasteiger partial charge >= 0.3 is 11.9 Å². The number of carboxylic acids is 1. The molecule has 344 valence electrons. The molecule has 0 aliphatic rings. The van der Waals surface area contributed by atoms with E-state index in [0.29, 0.717) is 12.8 Å². The van der Waals surface area contributed by atoms with Crippen molar-refractivity contribution in [2.24, 2.45) is 0 Å². The minimum Gasteiger partial charge on any atom is -0.544 e. The molecule has 0 rings (SSSR count). The lowest BCUT2D eigenvalue weighted by Crippen LogP contribution is -2.55. The molecule has 0 aliphatic carbocycles. The van der Waals surface area contributed by atoms with E-state index in [1.54, 1.807) is 21.1 Å². The topological polar surface area (TPSA) is 102 Å². The molecule has 0 spiro atoms. The summed E-state index contributed by atoms with van der Waals surface area (Å²) < 4.78 is 17.2. The Hall–Kier alpha value is -3.23. The number of esters is 2. The summed E-state index contributed by atoms with van der Waals surface area (Å²) >= 11 is 0. The molecule has 0 amide bonds. The van der Waals surface area contributed by atoms with E-state index in [1.165, 1.54) is 70.6 Å². The SMILES string of the molecule is CC/C=C/C=C/C=C/CCCCCCCC(=O)OC(COCCC(C(=O)[O-])[N+](C)(C)C)COC(=O)CCCCCCCCCCCCCCC/C=C/C/C=C/C/C=C/CC. The third-order valence-electron chi connectivity index (χ3n) is 10.4. The highest BCUT2D eigenvalue weighted by atomic mass is 16.6. The third kappa shape index (κ3) is 40.2. The Bertz CT molecular complexity index is 1210. The average molecular weight is 840 g/mol. The first-order valence-corrected chi connectivity index (χ1v) is 24.0. The predicted octanol–water partition coefficient (Wildman–Crippen LogP) is 12.2. The van der Waals surface area contributed by atoms with Gasteiger partial charge in [-0.05, 0) is 64.2 Å². The maximum atomic E-state index is 12.7. The van der Waals surface area contributed by atoms with Gasteiger partial charge in [0.05, 0.1) is 40.3 Å². The van der Waals surface area contributed by atoms with Gasteiger partial charge in [-0.3, -0.25) is 9.59 Å². The van der Waals surface area contributed by atoms with Gasteiger partial charge in [-0.15, -0.1) is 0 Å². The first-order chi connectivity index (χ1) is 29.1. The quantitative estimate of drug-likeness (QED) is 0.0198. The summed E-state index contributed by atoms with van der Waals surface area (Å²) in [6.07, 6.45) is 53.6. The predicted molar refractivity (Wildman–Crippen MR) is 249 cm³/mol. The molecule has 0 heterocycles. The smallest absolute Gasteiger partial charge is 0.306 e. The van der Waals surface area contributed by atoms with Crippen LogP contribution in [0.3, 0.4) is 0 Å². The van der Waals surface area contributed by atoms with Crippen molar-refractivity contribution in [3.05, 3.63) is 72.9 Å². The van der Waals surface area contributed by atoms with Crippen molar-refractivity contribution in [2.45, 2.75) is 199 Å². The van der Waals surface area contributed by atoms with E-state index >= 15 is 0 Å². The van der Waals surface area contributed by atoms with Gasteiger partial charge in [0.15, 0.2) is 6.10 Å². The summed E-state index contributed by atoms with van der Waals surface area (Å²) in [4.78, 5) is 36.9. The van der Waals surface area contributed by atoms with Crippen molar-refractivity contribution in [1.29, 1.82) is 0 Å². The van der Waals surface area contributed by atoms with Gasteiger partial charge in [-0.25, -0.2) is 0 Å². The highest BCUT2D eigenvalue weighted by Gasteiger charge is 2.25. The van der Waals surface area contributed by atoms with Crippen LogP contribution in [0, 0.1) is 0 Å². The van der Waals surface area contributed by atoms with Crippen LogP contribution in [-0.4, -0.2) is 75.5 Å². The van der Waals surface area contributed by atoms with Crippen molar-refractivity contribution in [3.63, 3.8) is 0 Å². The van der Waals surface area contributed by atoms with E-state index in [4.69, 9.17) is 14.2 Å². The second-order valence-corrected chi connectivity index (χ2v) is 17.0. The standard InChI is InChI=1S/C52H89NO7/c1-6-8-10-12-14-16-18-20-21-22-23-24-25-26-27-28-29-31-32-34-36-38-40-42-50(54)59-47-48(46-58-45-44-49(52(56)57)53(3,4)5)60-51(55)43-41-39-37-35-33-30-19-17-15-13-11-9-7-2/h8-11,13-17,19-21,48-49H,6-7,12,18,22-47H2,1-5H3/b10-8+,11-9+,15-13+,16-14+,19-17+,21-20+. The molecule has 0 aliphatic heterocycles. The minimum absolute atomic E-state index is 0.0295. The molecule has 8 heteroatoms. The van der Waals surface area contributed by atoms with E-state index in [1.807, 2.05) is 6.08 Å². The number of nitrogens with zero attached hydrogens (tertiary/aromatic N) is 1. The lowest BCUT2D eigenvalue weighted by molar-refractivity contribution is -0.889. The second kappa shape index (κ2) is 42.5. The second-order valence-electron chi connectivity index (χ2n) is 17.0. The zero-order chi connectivity index (χ0) is 44.2. The summed E-state index contributed by atoms with van der Waals surface area (Å²) in [6.45, 7) is 4.40. The molecule has 0 aromatic heterocycles. The molecule has 2 atom stereocenters.